The van der Waals surface area contributed by atoms with Crippen LogP contribution in [0.3, 0.4) is 0 Å². The van der Waals surface area contributed by atoms with E-state index < -0.39 is 97.5 Å². The number of ether oxygens (including phenoxy) is 4. The minimum Gasteiger partial charge on any atom is -0.462 e. The van der Waals surface area contributed by atoms with Crippen molar-refractivity contribution in [1.82, 2.24) is 0 Å². The Kier molecular flexibility index (Phi) is 74.1. The zero-order chi connectivity index (χ0) is 75.6. The summed E-state index contributed by atoms with van der Waals surface area (Å²) in [6, 6.07) is 0. The molecule has 0 aliphatic carbocycles. The molecule has 0 aromatic carbocycles. The summed E-state index contributed by atoms with van der Waals surface area (Å²) in [6.07, 6.45) is 66.4. The molecule has 17 nitrogen and oxygen atoms in total. The predicted octanol–water partition coefficient (Wildman–Crippen LogP) is 25.5. The normalized spacial score (nSPS) is 13.9. The average Bonchev–Trinajstić information content (AvgIpc) is 0.927. The van der Waals surface area contributed by atoms with Crippen molar-refractivity contribution in [3.63, 3.8) is 0 Å². The minimum absolute atomic E-state index is 0.108. The number of hydrogen-bond donors (Lipinski definition) is 3. The Labute approximate surface area is 632 Å². The smallest absolute Gasteiger partial charge is 0.462 e. The number of carbonyl (C=O) groups is 4. The summed E-state index contributed by atoms with van der Waals surface area (Å²) < 4.78 is 68.9. The molecule has 0 saturated heterocycles. The van der Waals surface area contributed by atoms with Gasteiger partial charge in [0.25, 0.3) is 0 Å². The van der Waals surface area contributed by atoms with Gasteiger partial charge in [0.05, 0.1) is 26.4 Å². The van der Waals surface area contributed by atoms with Gasteiger partial charge in [0.1, 0.15) is 19.3 Å². The number of rotatable bonds is 83. The SMILES string of the molecule is CCCCCCCCCCCCCCCC(=O)OC[C@H](COP(=O)(O)OC[C@H](O)COP(=O)(O)OC[C@@H](COC(=O)CCCCCCCCCCCCCCCCCC(C)C)OC(=O)CCCCCCCCCCCCCCCCCCC(C)C)OC(=O)CCCCCCCCCCCCCCC. The second kappa shape index (κ2) is 75.5. The molecule has 0 bridgehead atoms. The molecular formula is C84H164O17P2. The van der Waals surface area contributed by atoms with Crippen molar-refractivity contribution in [3.8, 4) is 0 Å². The Morgan fingerprint density at radius 1 is 0.262 bits per heavy atom. The van der Waals surface area contributed by atoms with Gasteiger partial charge in [-0.05, 0) is 37.5 Å². The minimum atomic E-state index is -4.96. The first-order chi connectivity index (χ1) is 49.9. The molecule has 0 fully saturated rings. The Morgan fingerprint density at radius 2 is 0.447 bits per heavy atom. The van der Waals surface area contributed by atoms with Crippen LogP contribution < -0.4 is 0 Å². The van der Waals surface area contributed by atoms with Gasteiger partial charge in [0, 0.05) is 25.7 Å². The summed E-state index contributed by atoms with van der Waals surface area (Å²) in [7, 11) is -9.92. The predicted molar refractivity (Wildman–Crippen MR) is 423 cm³/mol. The fourth-order valence-electron chi connectivity index (χ4n) is 13.1. The Balaban J connectivity index is 5.25. The van der Waals surface area contributed by atoms with Crippen LogP contribution in [0.25, 0.3) is 0 Å². The van der Waals surface area contributed by atoms with Gasteiger partial charge in [0.15, 0.2) is 12.2 Å². The molecule has 612 valence electrons. The maximum Gasteiger partial charge on any atom is 0.472 e. The topological polar surface area (TPSA) is 237 Å². The van der Waals surface area contributed by atoms with Crippen LogP contribution in [0, 0.1) is 11.8 Å². The molecule has 0 spiro atoms. The summed E-state index contributed by atoms with van der Waals surface area (Å²) in [6.45, 7) is 9.72. The lowest BCUT2D eigenvalue weighted by Crippen LogP contribution is -2.30. The maximum atomic E-state index is 13.1. The van der Waals surface area contributed by atoms with Gasteiger partial charge < -0.3 is 33.8 Å². The van der Waals surface area contributed by atoms with Gasteiger partial charge in [-0.3, -0.25) is 37.3 Å². The fourth-order valence-corrected chi connectivity index (χ4v) is 14.6. The highest BCUT2D eigenvalue weighted by atomic mass is 31.2. The standard InChI is InChI=1S/C84H164O17P2/c1-7-9-11-13-15-17-19-28-36-42-48-54-60-66-81(86)94-72-79(100-83(88)68-62-56-50-44-38-29-20-18-16-14-12-10-8-2)74-98-102(90,91)96-70-78(85)71-97-103(92,93)99-75-80(73-95-82(87)67-61-55-49-43-37-32-27-23-25-31-35-41-47-53-59-65-77(5)6)101-84(89)69-63-57-51-45-39-33-26-22-21-24-30-34-40-46-52-58-64-76(3)4/h76-80,85H,7-75H2,1-6H3,(H,90,91)(H,92,93)/t78-,79+,80+/m0/s1. The largest absolute Gasteiger partial charge is 0.472 e. The molecule has 5 atom stereocenters. The summed E-state index contributed by atoms with van der Waals surface area (Å²) >= 11 is 0. The zero-order valence-electron chi connectivity index (χ0n) is 67.6. The van der Waals surface area contributed by atoms with Crippen molar-refractivity contribution >= 4 is 39.5 Å². The van der Waals surface area contributed by atoms with Crippen LogP contribution in [-0.2, 0) is 65.4 Å². The molecule has 19 heteroatoms. The molecule has 0 aromatic rings. The number of aliphatic hydroxyl groups excluding tert-OH is 1. The first-order valence-corrected chi connectivity index (χ1v) is 46.5. The van der Waals surface area contributed by atoms with Gasteiger partial charge in [-0.15, -0.1) is 0 Å². The highest BCUT2D eigenvalue weighted by Crippen LogP contribution is 2.45. The van der Waals surface area contributed by atoms with Crippen molar-refractivity contribution in [2.75, 3.05) is 39.6 Å². The number of carbonyl (C=O) groups excluding carboxylic acids is 4. The Morgan fingerprint density at radius 3 is 0.660 bits per heavy atom. The van der Waals surface area contributed by atoms with Crippen molar-refractivity contribution in [2.24, 2.45) is 11.8 Å². The van der Waals surface area contributed by atoms with Crippen LogP contribution in [0.2, 0.25) is 0 Å². The lowest BCUT2D eigenvalue weighted by molar-refractivity contribution is -0.161. The molecule has 0 aliphatic rings. The summed E-state index contributed by atoms with van der Waals surface area (Å²) in [5.74, 6) is -0.486. The first-order valence-electron chi connectivity index (χ1n) is 43.5. The molecule has 0 aromatic heterocycles. The van der Waals surface area contributed by atoms with Crippen molar-refractivity contribution in [2.45, 2.75) is 464 Å². The first kappa shape index (κ1) is 101. The van der Waals surface area contributed by atoms with Crippen LogP contribution in [0.4, 0.5) is 0 Å². The fraction of sp³-hybridized carbons (Fsp3) is 0.952. The van der Waals surface area contributed by atoms with Crippen LogP contribution in [0.1, 0.15) is 446 Å². The van der Waals surface area contributed by atoms with E-state index in [0.29, 0.717) is 25.7 Å². The van der Waals surface area contributed by atoms with E-state index in [-0.39, 0.29) is 25.7 Å². The van der Waals surface area contributed by atoms with Crippen molar-refractivity contribution in [1.29, 1.82) is 0 Å². The van der Waals surface area contributed by atoms with Crippen LogP contribution in [0.5, 0.6) is 0 Å². The molecule has 0 heterocycles. The van der Waals surface area contributed by atoms with E-state index in [1.807, 2.05) is 0 Å². The second-order valence-corrected chi connectivity index (χ2v) is 34.1. The van der Waals surface area contributed by atoms with E-state index in [0.717, 1.165) is 102 Å². The number of hydrogen-bond acceptors (Lipinski definition) is 15. The number of phosphoric acid groups is 2. The van der Waals surface area contributed by atoms with Crippen LogP contribution in [-0.4, -0.2) is 96.7 Å². The van der Waals surface area contributed by atoms with Gasteiger partial charge in [-0.2, -0.15) is 0 Å². The molecule has 3 N–H and O–H groups in total. The highest BCUT2D eigenvalue weighted by molar-refractivity contribution is 7.47. The van der Waals surface area contributed by atoms with Gasteiger partial charge in [-0.25, -0.2) is 9.13 Å². The van der Waals surface area contributed by atoms with Crippen molar-refractivity contribution < 1.29 is 80.2 Å². The third-order valence-corrected chi connectivity index (χ3v) is 21.6. The molecule has 0 radical (unpaired) electrons. The summed E-state index contributed by atoms with van der Waals surface area (Å²) in [5, 5.41) is 10.7. The second-order valence-electron chi connectivity index (χ2n) is 31.2. The molecule has 0 saturated carbocycles. The quantitative estimate of drug-likeness (QED) is 0.0222. The van der Waals surface area contributed by atoms with Crippen LogP contribution in [0.15, 0.2) is 0 Å². The number of unbranched alkanes of at least 4 members (excludes halogenated alkanes) is 53. The lowest BCUT2D eigenvalue weighted by atomic mass is 10.0. The van der Waals surface area contributed by atoms with E-state index in [1.165, 1.54) is 263 Å². The van der Waals surface area contributed by atoms with E-state index >= 15 is 0 Å². The molecule has 0 aliphatic heterocycles. The molecule has 2 unspecified atom stereocenters. The number of aliphatic hydroxyl groups is 1. The van der Waals surface area contributed by atoms with E-state index in [9.17, 15) is 43.2 Å². The lowest BCUT2D eigenvalue weighted by Gasteiger charge is -2.21. The zero-order valence-corrected chi connectivity index (χ0v) is 69.4. The van der Waals surface area contributed by atoms with Gasteiger partial charge in [-0.1, -0.05) is 395 Å². The summed E-state index contributed by atoms with van der Waals surface area (Å²) in [4.78, 5) is 73.2. The number of esters is 4. The molecule has 0 rings (SSSR count). The molecular weight excluding hydrogens is 1340 g/mol. The maximum absolute atomic E-state index is 13.1. The van der Waals surface area contributed by atoms with Crippen LogP contribution >= 0.6 is 15.6 Å². The third-order valence-electron chi connectivity index (χ3n) is 19.7. The monoisotopic (exact) mass is 1510 g/mol. The highest BCUT2D eigenvalue weighted by Gasteiger charge is 2.30. The molecule has 103 heavy (non-hydrogen) atoms. The van der Waals surface area contributed by atoms with Gasteiger partial charge in [0.2, 0.25) is 0 Å². The Bertz CT molecular complexity index is 1980. The number of phosphoric ester groups is 2. The summed E-state index contributed by atoms with van der Waals surface area (Å²) in [5.41, 5.74) is 0. The molecule has 0 amide bonds. The van der Waals surface area contributed by atoms with Crippen molar-refractivity contribution in [3.05, 3.63) is 0 Å². The Hall–Kier alpha value is -1.94. The van der Waals surface area contributed by atoms with E-state index in [2.05, 4.69) is 41.5 Å². The average molecular weight is 1510 g/mol. The van der Waals surface area contributed by atoms with E-state index in [4.69, 9.17) is 37.0 Å². The van der Waals surface area contributed by atoms with Gasteiger partial charge >= 0.3 is 39.5 Å². The third kappa shape index (κ3) is 78.0. The van der Waals surface area contributed by atoms with E-state index in [1.54, 1.807) is 0 Å².